The number of hydrogen-bond acceptors (Lipinski definition) is 3. The Kier molecular flexibility index (Phi) is 3.09. The zero-order valence-electron chi connectivity index (χ0n) is 9.64. The van der Waals surface area contributed by atoms with E-state index < -0.39 is 0 Å². The summed E-state index contributed by atoms with van der Waals surface area (Å²) in [5, 5.41) is 2.10. The van der Waals surface area contributed by atoms with Crippen LogP contribution < -0.4 is 5.73 Å². The lowest BCUT2D eigenvalue weighted by atomic mass is 10.3. The molecule has 0 amide bonds. The minimum absolute atomic E-state index is 0.583. The van der Waals surface area contributed by atoms with Crippen molar-refractivity contribution in [3.05, 3.63) is 45.1 Å². The Bertz CT molecular complexity index is 673. The highest BCUT2D eigenvalue weighted by atomic mass is 79.9. The third-order valence-corrected chi connectivity index (χ3v) is 4.33. The van der Waals surface area contributed by atoms with Crippen LogP contribution in [0.4, 0.5) is 5.95 Å². The number of imidazole rings is 1. The maximum Gasteiger partial charge on any atom is 0.201 e. The second-order valence-electron chi connectivity index (χ2n) is 4.08. The van der Waals surface area contributed by atoms with E-state index in [0.717, 1.165) is 28.5 Å². The summed E-state index contributed by atoms with van der Waals surface area (Å²) in [5.74, 6) is 0.583. The van der Waals surface area contributed by atoms with Gasteiger partial charge in [0.15, 0.2) is 0 Å². The number of hydrogen-bond donors (Lipinski definition) is 1. The van der Waals surface area contributed by atoms with Gasteiger partial charge >= 0.3 is 0 Å². The lowest BCUT2D eigenvalue weighted by molar-refractivity contribution is 0.733. The molecular formula is C13H12BrN3S. The molecule has 0 saturated carbocycles. The van der Waals surface area contributed by atoms with Gasteiger partial charge in [-0.1, -0.05) is 22.0 Å². The van der Waals surface area contributed by atoms with Crippen LogP contribution in [0.2, 0.25) is 0 Å². The number of nitrogens with two attached hydrogens (primary N) is 1. The predicted octanol–water partition coefficient (Wildman–Crippen LogP) is 3.69. The molecule has 92 valence electrons. The smallest absolute Gasteiger partial charge is 0.201 e. The lowest BCUT2D eigenvalue weighted by Gasteiger charge is -2.05. The third-order valence-electron chi connectivity index (χ3n) is 2.90. The lowest BCUT2D eigenvalue weighted by Crippen LogP contribution is -2.04. The molecule has 3 rings (SSSR count). The van der Waals surface area contributed by atoms with Crippen LogP contribution in [0.25, 0.3) is 11.0 Å². The minimum Gasteiger partial charge on any atom is -0.369 e. The van der Waals surface area contributed by atoms with E-state index in [1.165, 1.54) is 4.88 Å². The predicted molar refractivity (Wildman–Crippen MR) is 79.9 cm³/mol. The highest BCUT2D eigenvalue weighted by Gasteiger charge is 2.08. The Balaban J connectivity index is 1.93. The number of aryl methyl sites for hydroxylation is 2. The van der Waals surface area contributed by atoms with Crippen LogP contribution >= 0.6 is 27.3 Å². The molecule has 2 heterocycles. The van der Waals surface area contributed by atoms with Crippen LogP contribution in [0.15, 0.2) is 40.2 Å². The fourth-order valence-electron chi connectivity index (χ4n) is 2.03. The van der Waals surface area contributed by atoms with Gasteiger partial charge in [0.05, 0.1) is 11.0 Å². The van der Waals surface area contributed by atoms with Crippen molar-refractivity contribution in [2.24, 2.45) is 0 Å². The summed E-state index contributed by atoms with van der Waals surface area (Å²) in [6.07, 6.45) is 0.989. The number of halogens is 1. The van der Waals surface area contributed by atoms with Crippen molar-refractivity contribution in [1.29, 1.82) is 0 Å². The summed E-state index contributed by atoms with van der Waals surface area (Å²) in [6.45, 7) is 0.866. The van der Waals surface area contributed by atoms with Gasteiger partial charge in [-0.25, -0.2) is 4.98 Å². The number of fused-ring (bicyclic) bond motifs is 1. The molecule has 3 nitrogen and oxygen atoms in total. The molecule has 0 atom stereocenters. The molecule has 0 unspecified atom stereocenters. The number of anilines is 1. The average molecular weight is 322 g/mol. The van der Waals surface area contributed by atoms with Crippen molar-refractivity contribution < 1.29 is 0 Å². The number of thiophene rings is 1. The molecule has 0 aliphatic heterocycles. The Morgan fingerprint density at radius 3 is 3.00 bits per heavy atom. The van der Waals surface area contributed by atoms with E-state index in [9.17, 15) is 0 Å². The molecule has 0 spiro atoms. The summed E-state index contributed by atoms with van der Waals surface area (Å²) in [5.41, 5.74) is 8.01. The van der Waals surface area contributed by atoms with E-state index in [2.05, 4.69) is 49.1 Å². The van der Waals surface area contributed by atoms with E-state index in [4.69, 9.17) is 5.73 Å². The monoisotopic (exact) mass is 321 g/mol. The Morgan fingerprint density at radius 1 is 1.33 bits per heavy atom. The third kappa shape index (κ3) is 2.15. The quantitative estimate of drug-likeness (QED) is 0.799. The van der Waals surface area contributed by atoms with Gasteiger partial charge in [0, 0.05) is 15.9 Å². The van der Waals surface area contributed by atoms with E-state index >= 15 is 0 Å². The molecule has 3 aromatic rings. The fraction of sp³-hybridized carbons (Fsp3) is 0.154. The molecule has 5 heteroatoms. The van der Waals surface area contributed by atoms with Gasteiger partial charge < -0.3 is 10.3 Å². The van der Waals surface area contributed by atoms with Gasteiger partial charge in [-0.3, -0.25) is 0 Å². The van der Waals surface area contributed by atoms with Gasteiger partial charge in [-0.15, -0.1) is 11.3 Å². The molecular weight excluding hydrogens is 310 g/mol. The standard InChI is InChI=1S/C13H12BrN3S/c14-9-3-4-12-11(8-9)16-13(15)17(12)6-5-10-2-1-7-18-10/h1-4,7-8H,5-6H2,(H2,15,16). The zero-order chi connectivity index (χ0) is 12.5. The van der Waals surface area contributed by atoms with Gasteiger partial charge in [-0.2, -0.15) is 0 Å². The second kappa shape index (κ2) is 4.74. The number of nitrogen functional groups attached to an aromatic ring is 1. The van der Waals surface area contributed by atoms with E-state index in [1.807, 2.05) is 12.1 Å². The van der Waals surface area contributed by atoms with Gasteiger partial charge in [0.25, 0.3) is 0 Å². The summed E-state index contributed by atoms with van der Waals surface area (Å²) in [6, 6.07) is 10.3. The van der Waals surface area contributed by atoms with Gasteiger partial charge in [0.2, 0.25) is 5.95 Å². The first-order valence-electron chi connectivity index (χ1n) is 5.68. The molecule has 2 N–H and O–H groups in total. The molecule has 1 aromatic carbocycles. The number of aromatic nitrogens is 2. The van der Waals surface area contributed by atoms with Crippen LogP contribution in [-0.4, -0.2) is 9.55 Å². The first-order valence-corrected chi connectivity index (χ1v) is 7.35. The number of nitrogens with zero attached hydrogens (tertiary/aromatic N) is 2. The summed E-state index contributed by atoms with van der Waals surface area (Å²) in [7, 11) is 0. The van der Waals surface area contributed by atoms with Crippen LogP contribution in [-0.2, 0) is 13.0 Å². The number of rotatable bonds is 3. The summed E-state index contributed by atoms with van der Waals surface area (Å²) >= 11 is 5.22. The summed E-state index contributed by atoms with van der Waals surface area (Å²) in [4.78, 5) is 5.76. The maximum absolute atomic E-state index is 5.98. The molecule has 0 aliphatic carbocycles. The average Bonchev–Trinajstić information content (AvgIpc) is 2.93. The fourth-order valence-corrected chi connectivity index (χ4v) is 3.08. The first-order chi connectivity index (χ1) is 8.74. The Morgan fingerprint density at radius 2 is 2.22 bits per heavy atom. The molecule has 0 saturated heterocycles. The Hall–Kier alpha value is -1.33. The summed E-state index contributed by atoms with van der Waals surface area (Å²) < 4.78 is 3.10. The van der Waals surface area contributed by atoms with Crippen LogP contribution in [0, 0.1) is 0 Å². The van der Waals surface area contributed by atoms with Gasteiger partial charge in [-0.05, 0) is 36.1 Å². The van der Waals surface area contributed by atoms with Crippen molar-refractivity contribution in [3.8, 4) is 0 Å². The van der Waals surface area contributed by atoms with Crippen LogP contribution in [0.5, 0.6) is 0 Å². The van der Waals surface area contributed by atoms with Crippen LogP contribution in [0.3, 0.4) is 0 Å². The minimum atomic E-state index is 0.583. The zero-order valence-corrected chi connectivity index (χ0v) is 12.0. The van der Waals surface area contributed by atoms with Crippen molar-refractivity contribution in [3.63, 3.8) is 0 Å². The van der Waals surface area contributed by atoms with E-state index in [1.54, 1.807) is 11.3 Å². The largest absolute Gasteiger partial charge is 0.369 e. The van der Waals surface area contributed by atoms with Crippen molar-refractivity contribution in [2.75, 3.05) is 5.73 Å². The van der Waals surface area contributed by atoms with Crippen molar-refractivity contribution in [1.82, 2.24) is 9.55 Å². The SMILES string of the molecule is Nc1nc2cc(Br)ccc2n1CCc1cccs1. The second-order valence-corrected chi connectivity index (χ2v) is 6.03. The Labute approximate surface area is 117 Å². The normalized spacial score (nSPS) is 11.2. The first kappa shape index (κ1) is 11.7. The van der Waals surface area contributed by atoms with Crippen molar-refractivity contribution in [2.45, 2.75) is 13.0 Å². The van der Waals surface area contributed by atoms with Crippen molar-refractivity contribution >= 4 is 44.2 Å². The topological polar surface area (TPSA) is 43.8 Å². The molecule has 18 heavy (non-hydrogen) atoms. The number of benzene rings is 1. The maximum atomic E-state index is 5.98. The highest BCUT2D eigenvalue weighted by molar-refractivity contribution is 9.10. The highest BCUT2D eigenvalue weighted by Crippen LogP contribution is 2.22. The molecule has 2 aromatic heterocycles. The molecule has 0 bridgehead atoms. The van der Waals surface area contributed by atoms with Gasteiger partial charge in [0.1, 0.15) is 0 Å². The molecule has 0 radical (unpaired) electrons. The van der Waals surface area contributed by atoms with E-state index in [0.29, 0.717) is 5.95 Å². The molecule has 0 fully saturated rings. The molecule has 0 aliphatic rings. The van der Waals surface area contributed by atoms with Crippen LogP contribution in [0.1, 0.15) is 4.88 Å². The van der Waals surface area contributed by atoms with E-state index in [-0.39, 0.29) is 0 Å².